The first-order chi connectivity index (χ1) is 19.9. The van der Waals surface area contributed by atoms with E-state index in [9.17, 15) is 19.5 Å². The number of aromatic nitrogens is 2. The highest BCUT2D eigenvalue weighted by atomic mass is 16.5. The lowest BCUT2D eigenvalue weighted by Gasteiger charge is -2.28. The highest BCUT2D eigenvalue weighted by Gasteiger charge is 2.26. The number of anilines is 2. The summed E-state index contributed by atoms with van der Waals surface area (Å²) in [7, 11) is 0. The Hall–Kier alpha value is -5.19. The summed E-state index contributed by atoms with van der Waals surface area (Å²) < 4.78 is 16.8. The van der Waals surface area contributed by atoms with Crippen LogP contribution in [0.3, 0.4) is 0 Å². The molecule has 1 aliphatic heterocycles. The second kappa shape index (κ2) is 12.3. The maximum Gasteiger partial charge on any atom is 0.341 e. The summed E-state index contributed by atoms with van der Waals surface area (Å²) in [5, 5.41) is 16.0. The van der Waals surface area contributed by atoms with E-state index in [0.717, 1.165) is 12.8 Å². The Bertz CT molecular complexity index is 1550. The van der Waals surface area contributed by atoms with Gasteiger partial charge in [-0.2, -0.15) is 4.98 Å². The molecule has 41 heavy (non-hydrogen) atoms. The third kappa shape index (κ3) is 6.70. The highest BCUT2D eigenvalue weighted by Crippen LogP contribution is 2.35. The van der Waals surface area contributed by atoms with Crippen LogP contribution in [0.2, 0.25) is 0 Å². The molecule has 4 aromatic rings. The van der Waals surface area contributed by atoms with Crippen molar-refractivity contribution < 1.29 is 33.5 Å². The molecule has 0 saturated carbocycles. The van der Waals surface area contributed by atoms with Crippen molar-refractivity contribution in [3.63, 3.8) is 0 Å². The average molecular weight is 557 g/mol. The number of carbonyl (C=O) groups excluding carboxylic acids is 2. The Morgan fingerprint density at radius 1 is 1.07 bits per heavy atom. The first-order valence-electron chi connectivity index (χ1n) is 13.1. The zero-order valence-electron chi connectivity index (χ0n) is 22.3. The normalized spacial score (nSPS) is 13.9. The Balaban J connectivity index is 1.41. The summed E-state index contributed by atoms with van der Waals surface area (Å²) in [5.41, 5.74) is 2.08. The van der Waals surface area contributed by atoms with E-state index in [1.165, 1.54) is 6.07 Å². The van der Waals surface area contributed by atoms with Crippen molar-refractivity contribution in [1.29, 1.82) is 0 Å². The molecule has 11 heteroatoms. The number of carboxylic acids is 1. The van der Waals surface area contributed by atoms with Gasteiger partial charge in [0.1, 0.15) is 11.5 Å². The molecule has 0 bridgehead atoms. The molecule has 0 spiro atoms. The highest BCUT2D eigenvalue weighted by molar-refractivity contribution is 5.98. The van der Waals surface area contributed by atoms with Gasteiger partial charge in [0.15, 0.2) is 6.61 Å². The van der Waals surface area contributed by atoms with Crippen LogP contribution in [-0.2, 0) is 14.4 Å². The fraction of sp³-hybridized carbons (Fsp3) is 0.233. The lowest BCUT2D eigenvalue weighted by Crippen LogP contribution is -2.35. The van der Waals surface area contributed by atoms with E-state index in [4.69, 9.17) is 14.0 Å². The van der Waals surface area contributed by atoms with Gasteiger partial charge in [-0.1, -0.05) is 47.6 Å². The van der Waals surface area contributed by atoms with Gasteiger partial charge >= 0.3 is 5.97 Å². The van der Waals surface area contributed by atoms with Crippen LogP contribution in [0.1, 0.15) is 36.8 Å². The zero-order valence-corrected chi connectivity index (χ0v) is 22.3. The number of aryl methyl sites for hydroxylation is 1. The van der Waals surface area contributed by atoms with E-state index in [1.807, 2.05) is 12.1 Å². The Labute approximate surface area is 235 Å². The Morgan fingerprint density at radius 2 is 1.90 bits per heavy atom. The van der Waals surface area contributed by atoms with Gasteiger partial charge < -0.3 is 29.3 Å². The van der Waals surface area contributed by atoms with E-state index in [0.29, 0.717) is 52.9 Å². The number of nitrogens with one attached hydrogen (secondary N) is 1. The molecule has 0 aliphatic carbocycles. The SMILES string of the molecule is Cc1nc(-c2cccc(OC(C(=O)Nc3ccc(N4CCCCC4=O)c(OCC(=O)O)c3)c3ccccc3)c2)no1. The fourth-order valence-corrected chi connectivity index (χ4v) is 4.50. The number of hydrogen-bond acceptors (Lipinski definition) is 8. The van der Waals surface area contributed by atoms with Gasteiger partial charge in [0, 0.05) is 42.8 Å². The minimum atomic E-state index is -1.16. The molecule has 2 amide bonds. The molecule has 3 aromatic carbocycles. The molecule has 1 atom stereocenters. The van der Waals surface area contributed by atoms with Crippen molar-refractivity contribution in [2.45, 2.75) is 32.3 Å². The molecule has 11 nitrogen and oxygen atoms in total. The van der Waals surface area contributed by atoms with Gasteiger partial charge in [-0.05, 0) is 37.1 Å². The number of rotatable bonds is 10. The Morgan fingerprint density at radius 3 is 2.63 bits per heavy atom. The molecule has 1 unspecified atom stereocenters. The molecule has 0 radical (unpaired) electrons. The number of carboxylic acid groups (broad SMARTS) is 1. The maximum absolute atomic E-state index is 13.6. The lowest BCUT2D eigenvalue weighted by atomic mass is 10.1. The summed E-state index contributed by atoms with van der Waals surface area (Å²) >= 11 is 0. The van der Waals surface area contributed by atoms with Crippen LogP contribution in [0.25, 0.3) is 11.4 Å². The first-order valence-corrected chi connectivity index (χ1v) is 13.1. The number of hydrogen-bond donors (Lipinski definition) is 2. The van der Waals surface area contributed by atoms with Crippen molar-refractivity contribution in [3.05, 3.63) is 84.3 Å². The van der Waals surface area contributed by atoms with E-state index in [2.05, 4.69) is 15.5 Å². The number of benzene rings is 3. The standard InChI is InChI=1S/C30H28N4O7/c1-19-31-29(33-41-19)21-10-7-11-23(16-21)40-28(20-8-3-2-4-9-20)30(38)32-22-13-14-24(25(17-22)39-18-27(36)37)34-15-6-5-12-26(34)35/h2-4,7-11,13-14,16-17,28H,5-6,12,15,18H2,1H3,(H,32,38)(H,36,37). The van der Waals surface area contributed by atoms with Crippen molar-refractivity contribution in [2.24, 2.45) is 0 Å². The van der Waals surface area contributed by atoms with Gasteiger partial charge in [-0.25, -0.2) is 4.79 Å². The fourth-order valence-electron chi connectivity index (χ4n) is 4.50. The minimum Gasteiger partial charge on any atom is -0.480 e. The summed E-state index contributed by atoms with van der Waals surface area (Å²) in [6.07, 6.45) is 0.991. The summed E-state index contributed by atoms with van der Waals surface area (Å²) in [5.74, 6) is -0.276. The van der Waals surface area contributed by atoms with Crippen LogP contribution >= 0.6 is 0 Å². The van der Waals surface area contributed by atoms with Gasteiger partial charge in [0.2, 0.25) is 23.7 Å². The number of carbonyl (C=O) groups is 3. The first kappa shape index (κ1) is 27.4. The third-order valence-electron chi connectivity index (χ3n) is 6.41. The molecule has 5 rings (SSSR count). The quantitative estimate of drug-likeness (QED) is 0.282. The van der Waals surface area contributed by atoms with Crippen molar-refractivity contribution in [1.82, 2.24) is 10.1 Å². The molecule has 210 valence electrons. The third-order valence-corrected chi connectivity index (χ3v) is 6.41. The zero-order chi connectivity index (χ0) is 28.8. The summed E-state index contributed by atoms with van der Waals surface area (Å²) in [6, 6.07) is 20.8. The topological polar surface area (TPSA) is 144 Å². The number of aliphatic carboxylic acids is 1. The van der Waals surface area contributed by atoms with Crippen LogP contribution in [0, 0.1) is 6.92 Å². The number of piperidine rings is 1. The van der Waals surface area contributed by atoms with E-state index in [-0.39, 0.29) is 11.7 Å². The molecule has 1 fully saturated rings. The second-order valence-corrected chi connectivity index (χ2v) is 9.43. The van der Waals surface area contributed by atoms with Crippen LogP contribution in [0.4, 0.5) is 11.4 Å². The van der Waals surface area contributed by atoms with E-state index in [1.54, 1.807) is 66.4 Å². The molecular formula is C30H28N4O7. The summed E-state index contributed by atoms with van der Waals surface area (Å²) in [6.45, 7) is 1.60. The van der Waals surface area contributed by atoms with Gasteiger partial charge in [-0.3, -0.25) is 9.59 Å². The molecule has 1 saturated heterocycles. The number of nitrogens with zero attached hydrogens (tertiary/aromatic N) is 3. The summed E-state index contributed by atoms with van der Waals surface area (Å²) in [4.78, 5) is 43.2. The molecule has 1 aliphatic rings. The monoisotopic (exact) mass is 556 g/mol. The molecule has 2 heterocycles. The largest absolute Gasteiger partial charge is 0.480 e. The van der Waals surface area contributed by atoms with Gasteiger partial charge in [0.05, 0.1) is 5.69 Å². The van der Waals surface area contributed by atoms with Crippen LogP contribution < -0.4 is 19.7 Å². The van der Waals surface area contributed by atoms with Crippen molar-refractivity contribution in [2.75, 3.05) is 23.4 Å². The minimum absolute atomic E-state index is 0.0658. The van der Waals surface area contributed by atoms with Crippen LogP contribution in [0.5, 0.6) is 11.5 Å². The van der Waals surface area contributed by atoms with Crippen LogP contribution in [0.15, 0.2) is 77.3 Å². The van der Waals surface area contributed by atoms with Gasteiger partial charge in [-0.15, -0.1) is 0 Å². The van der Waals surface area contributed by atoms with Crippen molar-refractivity contribution >= 4 is 29.2 Å². The van der Waals surface area contributed by atoms with Crippen LogP contribution in [-0.4, -0.2) is 46.2 Å². The number of amides is 2. The average Bonchev–Trinajstić information content (AvgIpc) is 3.42. The lowest BCUT2D eigenvalue weighted by molar-refractivity contribution is -0.139. The van der Waals surface area contributed by atoms with Gasteiger partial charge in [0.25, 0.3) is 5.91 Å². The predicted molar refractivity (Wildman–Crippen MR) is 149 cm³/mol. The molecule has 1 aromatic heterocycles. The molecular weight excluding hydrogens is 528 g/mol. The maximum atomic E-state index is 13.6. The second-order valence-electron chi connectivity index (χ2n) is 9.43. The van der Waals surface area contributed by atoms with E-state index < -0.39 is 24.6 Å². The van der Waals surface area contributed by atoms with E-state index >= 15 is 0 Å². The van der Waals surface area contributed by atoms with Crippen molar-refractivity contribution in [3.8, 4) is 22.9 Å². The predicted octanol–water partition coefficient (Wildman–Crippen LogP) is 4.78. The Kier molecular flexibility index (Phi) is 8.23. The smallest absolute Gasteiger partial charge is 0.341 e. The number of ether oxygens (including phenoxy) is 2. The molecule has 2 N–H and O–H groups in total.